The van der Waals surface area contributed by atoms with Gasteiger partial charge in [-0.2, -0.15) is 0 Å². The molecule has 0 N–H and O–H groups in total. The van der Waals surface area contributed by atoms with Crippen LogP contribution in [0.2, 0.25) is 0 Å². The predicted octanol–water partition coefficient (Wildman–Crippen LogP) is 5.28. The standard InChI is InChI=1S/C13H19NO.2C2H6/c1-3-8-13(15)14(11-4-2)12-9-6-5-7-10-12;2*1-2/h5-7,9-10H,3-4,8,11H2,1-2H3;2*1-2H3. The molecule has 110 valence electrons. The van der Waals surface area contributed by atoms with Crippen molar-refractivity contribution in [3.8, 4) is 0 Å². The second-order valence-electron chi connectivity index (χ2n) is 3.63. The third-order valence-corrected chi connectivity index (χ3v) is 2.28. The normalized spacial score (nSPS) is 8.53. The van der Waals surface area contributed by atoms with E-state index in [1.165, 1.54) is 0 Å². The van der Waals surface area contributed by atoms with Gasteiger partial charge >= 0.3 is 0 Å². The summed E-state index contributed by atoms with van der Waals surface area (Å²) in [5, 5.41) is 0. The van der Waals surface area contributed by atoms with Crippen LogP contribution in [0.3, 0.4) is 0 Å². The lowest BCUT2D eigenvalue weighted by molar-refractivity contribution is -0.118. The summed E-state index contributed by atoms with van der Waals surface area (Å²) in [5.41, 5.74) is 1.01. The van der Waals surface area contributed by atoms with Crippen molar-refractivity contribution < 1.29 is 4.79 Å². The van der Waals surface area contributed by atoms with Crippen molar-refractivity contribution in [2.24, 2.45) is 0 Å². The average Bonchev–Trinajstić information content (AvgIpc) is 2.50. The van der Waals surface area contributed by atoms with Crippen molar-refractivity contribution in [3.63, 3.8) is 0 Å². The summed E-state index contributed by atoms with van der Waals surface area (Å²) in [5.74, 6) is 0.227. The fourth-order valence-electron chi connectivity index (χ4n) is 1.58. The number of para-hydroxylation sites is 1. The summed E-state index contributed by atoms with van der Waals surface area (Å²) in [7, 11) is 0. The van der Waals surface area contributed by atoms with Crippen molar-refractivity contribution >= 4 is 11.6 Å². The van der Waals surface area contributed by atoms with Crippen LogP contribution in [0.1, 0.15) is 60.8 Å². The molecule has 2 nitrogen and oxygen atoms in total. The summed E-state index contributed by atoms with van der Waals surface area (Å²) in [6.07, 6.45) is 2.53. The molecular weight excluding hydrogens is 234 g/mol. The molecule has 0 spiro atoms. The number of nitrogens with zero attached hydrogens (tertiary/aromatic N) is 1. The van der Waals surface area contributed by atoms with Crippen LogP contribution in [0, 0.1) is 0 Å². The summed E-state index contributed by atoms with van der Waals surface area (Å²) < 4.78 is 0. The summed E-state index contributed by atoms with van der Waals surface area (Å²) >= 11 is 0. The number of hydrogen-bond acceptors (Lipinski definition) is 1. The van der Waals surface area contributed by atoms with E-state index < -0.39 is 0 Å². The van der Waals surface area contributed by atoms with E-state index in [2.05, 4.69) is 6.92 Å². The van der Waals surface area contributed by atoms with Gasteiger partial charge in [0.15, 0.2) is 0 Å². The molecule has 0 aliphatic carbocycles. The van der Waals surface area contributed by atoms with E-state index in [9.17, 15) is 4.79 Å². The summed E-state index contributed by atoms with van der Waals surface area (Å²) in [6, 6.07) is 9.89. The molecule has 0 radical (unpaired) electrons. The molecule has 1 aromatic carbocycles. The monoisotopic (exact) mass is 265 g/mol. The van der Waals surface area contributed by atoms with Gasteiger partial charge in [0, 0.05) is 18.7 Å². The van der Waals surface area contributed by atoms with E-state index in [-0.39, 0.29) is 5.91 Å². The molecule has 2 heteroatoms. The highest BCUT2D eigenvalue weighted by Gasteiger charge is 2.12. The highest BCUT2D eigenvalue weighted by molar-refractivity contribution is 5.93. The number of anilines is 1. The van der Waals surface area contributed by atoms with Crippen molar-refractivity contribution in [2.45, 2.75) is 60.8 Å². The van der Waals surface area contributed by atoms with Gasteiger partial charge in [0.25, 0.3) is 0 Å². The first kappa shape index (κ1) is 20.0. The van der Waals surface area contributed by atoms with Crippen LogP contribution in [0.25, 0.3) is 0 Å². The molecule has 0 saturated heterocycles. The second kappa shape index (κ2) is 14.7. The van der Waals surface area contributed by atoms with Gasteiger partial charge in [0.1, 0.15) is 0 Å². The Bertz CT molecular complexity index is 295. The third-order valence-electron chi connectivity index (χ3n) is 2.28. The van der Waals surface area contributed by atoms with Gasteiger partial charge in [-0.1, -0.05) is 59.7 Å². The Hall–Kier alpha value is -1.31. The summed E-state index contributed by atoms with van der Waals surface area (Å²) in [4.78, 5) is 13.7. The third kappa shape index (κ3) is 8.41. The number of hydrogen-bond donors (Lipinski definition) is 0. The number of rotatable bonds is 5. The minimum absolute atomic E-state index is 0.227. The molecule has 0 bridgehead atoms. The molecule has 0 fully saturated rings. The van der Waals surface area contributed by atoms with E-state index in [1.807, 2.05) is 69.9 Å². The average molecular weight is 265 g/mol. The van der Waals surface area contributed by atoms with Crippen LogP contribution in [0.15, 0.2) is 30.3 Å². The highest BCUT2D eigenvalue weighted by Crippen LogP contribution is 2.15. The smallest absolute Gasteiger partial charge is 0.226 e. The Labute approximate surface area is 119 Å². The van der Waals surface area contributed by atoms with Crippen LogP contribution in [0.5, 0.6) is 0 Å². The first-order valence-electron chi connectivity index (χ1n) is 7.65. The SMILES string of the molecule is CC.CC.CCCC(=O)N(CCC)c1ccccc1. The van der Waals surface area contributed by atoms with Crippen LogP contribution in [-0.4, -0.2) is 12.5 Å². The Kier molecular flexibility index (Phi) is 15.5. The Balaban J connectivity index is 0. The number of benzene rings is 1. The minimum atomic E-state index is 0.227. The van der Waals surface area contributed by atoms with Crippen molar-refractivity contribution in [1.29, 1.82) is 0 Å². The molecule has 0 saturated carbocycles. The second-order valence-corrected chi connectivity index (χ2v) is 3.63. The van der Waals surface area contributed by atoms with Crippen molar-refractivity contribution in [1.82, 2.24) is 0 Å². The Morgan fingerprint density at radius 2 is 1.47 bits per heavy atom. The largest absolute Gasteiger partial charge is 0.312 e. The molecule has 19 heavy (non-hydrogen) atoms. The van der Waals surface area contributed by atoms with Gasteiger partial charge in [-0.25, -0.2) is 0 Å². The molecule has 0 heterocycles. The van der Waals surface area contributed by atoms with E-state index in [0.29, 0.717) is 6.42 Å². The zero-order valence-corrected chi connectivity index (χ0v) is 13.6. The van der Waals surface area contributed by atoms with Crippen LogP contribution in [-0.2, 0) is 4.79 Å². The molecule has 1 rings (SSSR count). The maximum Gasteiger partial charge on any atom is 0.226 e. The molecule has 0 aliphatic heterocycles. The lowest BCUT2D eigenvalue weighted by Gasteiger charge is -2.22. The van der Waals surface area contributed by atoms with Crippen LogP contribution < -0.4 is 4.90 Å². The van der Waals surface area contributed by atoms with Crippen molar-refractivity contribution in [3.05, 3.63) is 30.3 Å². The lowest BCUT2D eigenvalue weighted by Crippen LogP contribution is -2.31. The fourth-order valence-corrected chi connectivity index (χ4v) is 1.58. The molecule has 1 aromatic rings. The Morgan fingerprint density at radius 3 is 1.89 bits per heavy atom. The van der Waals surface area contributed by atoms with Crippen LogP contribution >= 0.6 is 0 Å². The maximum atomic E-state index is 11.9. The Morgan fingerprint density at radius 1 is 0.947 bits per heavy atom. The van der Waals surface area contributed by atoms with Gasteiger partial charge in [-0.15, -0.1) is 0 Å². The van der Waals surface area contributed by atoms with E-state index in [1.54, 1.807) is 0 Å². The van der Waals surface area contributed by atoms with Gasteiger partial charge in [-0.05, 0) is 25.0 Å². The van der Waals surface area contributed by atoms with Gasteiger partial charge in [0.2, 0.25) is 5.91 Å². The van der Waals surface area contributed by atoms with E-state index in [0.717, 1.165) is 25.1 Å². The topological polar surface area (TPSA) is 20.3 Å². The van der Waals surface area contributed by atoms with Crippen LogP contribution in [0.4, 0.5) is 5.69 Å². The van der Waals surface area contributed by atoms with Gasteiger partial charge < -0.3 is 4.90 Å². The van der Waals surface area contributed by atoms with Gasteiger partial charge in [-0.3, -0.25) is 4.79 Å². The number of amides is 1. The quantitative estimate of drug-likeness (QED) is 0.709. The molecule has 0 unspecified atom stereocenters. The number of carbonyl (C=O) groups is 1. The van der Waals surface area contributed by atoms with Crippen molar-refractivity contribution in [2.75, 3.05) is 11.4 Å². The maximum absolute atomic E-state index is 11.9. The fraction of sp³-hybridized carbons (Fsp3) is 0.588. The molecular formula is C17H31NO. The first-order chi connectivity index (χ1) is 9.29. The van der Waals surface area contributed by atoms with E-state index >= 15 is 0 Å². The van der Waals surface area contributed by atoms with Gasteiger partial charge in [0.05, 0.1) is 0 Å². The zero-order chi connectivity index (χ0) is 15.1. The predicted molar refractivity (Wildman–Crippen MR) is 86.7 cm³/mol. The first-order valence-corrected chi connectivity index (χ1v) is 7.65. The molecule has 0 atom stereocenters. The molecule has 1 amide bonds. The minimum Gasteiger partial charge on any atom is -0.312 e. The van der Waals surface area contributed by atoms with E-state index in [4.69, 9.17) is 0 Å². The number of carbonyl (C=O) groups excluding carboxylic acids is 1. The molecule has 0 aliphatic rings. The molecule has 0 aromatic heterocycles. The lowest BCUT2D eigenvalue weighted by atomic mass is 10.2. The summed E-state index contributed by atoms with van der Waals surface area (Å²) in [6.45, 7) is 12.9. The highest BCUT2D eigenvalue weighted by atomic mass is 16.2. The zero-order valence-electron chi connectivity index (χ0n) is 13.6.